The van der Waals surface area contributed by atoms with E-state index in [4.69, 9.17) is 10.8 Å². The maximum Gasteiger partial charge on any atom is 0.323 e. The summed E-state index contributed by atoms with van der Waals surface area (Å²) in [5.41, 5.74) is 10.0. The zero-order valence-electron chi connectivity index (χ0n) is 13.3. The fourth-order valence-corrected chi connectivity index (χ4v) is 2.91. The predicted molar refractivity (Wildman–Crippen MR) is 83.0 cm³/mol. The molecule has 0 saturated carbocycles. The topological polar surface area (TPSA) is 63.3 Å². The summed E-state index contributed by atoms with van der Waals surface area (Å²) in [6.07, 6.45) is 2.45. The molecular formula is C17H27NO2. The van der Waals surface area contributed by atoms with Gasteiger partial charge in [0.1, 0.15) is 5.54 Å². The molecule has 0 aliphatic carbocycles. The Morgan fingerprint density at radius 3 is 2.25 bits per heavy atom. The van der Waals surface area contributed by atoms with Crippen LogP contribution >= 0.6 is 0 Å². The monoisotopic (exact) mass is 277 g/mol. The molecule has 0 aromatic heterocycles. The molecule has 1 rings (SSSR count). The van der Waals surface area contributed by atoms with Crippen molar-refractivity contribution in [2.24, 2.45) is 11.7 Å². The maximum atomic E-state index is 11.1. The van der Waals surface area contributed by atoms with Crippen LogP contribution < -0.4 is 5.73 Å². The molecular weight excluding hydrogens is 250 g/mol. The summed E-state index contributed by atoms with van der Waals surface area (Å²) in [5, 5.41) is 9.07. The standard InChI is InChI=1S/C17H27NO2/c1-11(10-17(5,18)16(19)20)6-7-15-13(3)8-12(2)9-14(15)4/h8-9,11H,6-7,10,18H2,1-5H3,(H,19,20). The van der Waals surface area contributed by atoms with Crippen LogP contribution in [0.2, 0.25) is 0 Å². The summed E-state index contributed by atoms with van der Waals surface area (Å²) < 4.78 is 0. The van der Waals surface area contributed by atoms with Crippen LogP contribution in [0.15, 0.2) is 12.1 Å². The number of hydrogen-bond acceptors (Lipinski definition) is 2. The van der Waals surface area contributed by atoms with Gasteiger partial charge < -0.3 is 10.8 Å². The molecule has 0 amide bonds. The lowest BCUT2D eigenvalue weighted by atomic mass is 9.86. The first-order chi connectivity index (χ1) is 9.13. The van der Waals surface area contributed by atoms with Crippen LogP contribution in [0, 0.1) is 26.7 Å². The number of benzene rings is 1. The molecule has 20 heavy (non-hydrogen) atoms. The lowest BCUT2D eigenvalue weighted by Gasteiger charge is -2.24. The first kappa shape index (κ1) is 16.7. The Hall–Kier alpha value is -1.35. The van der Waals surface area contributed by atoms with Crippen molar-refractivity contribution >= 4 is 5.97 Å². The summed E-state index contributed by atoms with van der Waals surface area (Å²) in [5.74, 6) is -0.631. The van der Waals surface area contributed by atoms with E-state index >= 15 is 0 Å². The molecule has 2 atom stereocenters. The summed E-state index contributed by atoms with van der Waals surface area (Å²) in [7, 11) is 0. The molecule has 3 nitrogen and oxygen atoms in total. The van der Waals surface area contributed by atoms with Gasteiger partial charge in [0.2, 0.25) is 0 Å². The molecule has 1 aromatic rings. The van der Waals surface area contributed by atoms with E-state index in [-0.39, 0.29) is 0 Å². The van der Waals surface area contributed by atoms with Gasteiger partial charge in [-0.1, -0.05) is 24.6 Å². The molecule has 0 aliphatic rings. The Bertz CT molecular complexity index is 469. The van der Waals surface area contributed by atoms with Crippen LogP contribution in [0.1, 0.15) is 48.9 Å². The summed E-state index contributed by atoms with van der Waals surface area (Å²) in [6.45, 7) is 10.1. The van der Waals surface area contributed by atoms with Crippen LogP contribution in [0.4, 0.5) is 0 Å². The van der Waals surface area contributed by atoms with Crippen LogP contribution in [-0.4, -0.2) is 16.6 Å². The normalized spacial score (nSPS) is 15.7. The third-order valence-electron chi connectivity index (χ3n) is 3.99. The number of aryl methyl sites for hydroxylation is 3. The Kier molecular flexibility index (Phi) is 5.35. The minimum atomic E-state index is -1.13. The van der Waals surface area contributed by atoms with Crippen molar-refractivity contribution in [3.8, 4) is 0 Å². The molecule has 2 unspecified atom stereocenters. The largest absolute Gasteiger partial charge is 0.480 e. The average Bonchev–Trinajstić information content (AvgIpc) is 2.26. The zero-order valence-corrected chi connectivity index (χ0v) is 13.3. The van der Waals surface area contributed by atoms with Gasteiger partial charge in [0.15, 0.2) is 0 Å². The van der Waals surface area contributed by atoms with Gasteiger partial charge in [0, 0.05) is 0 Å². The van der Waals surface area contributed by atoms with Crippen molar-refractivity contribution in [3.05, 3.63) is 34.4 Å². The quantitative estimate of drug-likeness (QED) is 0.838. The highest BCUT2D eigenvalue weighted by Crippen LogP contribution is 2.23. The number of carboxylic acid groups (broad SMARTS) is 1. The highest BCUT2D eigenvalue weighted by atomic mass is 16.4. The highest BCUT2D eigenvalue weighted by Gasteiger charge is 2.29. The number of nitrogens with two attached hydrogens (primary N) is 1. The van der Waals surface area contributed by atoms with Crippen LogP contribution in [0.3, 0.4) is 0 Å². The number of rotatable bonds is 6. The fraction of sp³-hybridized carbons (Fsp3) is 0.588. The van der Waals surface area contributed by atoms with Gasteiger partial charge in [-0.25, -0.2) is 0 Å². The number of aliphatic carboxylic acids is 1. The zero-order chi connectivity index (χ0) is 15.5. The Morgan fingerprint density at radius 2 is 1.80 bits per heavy atom. The van der Waals surface area contributed by atoms with Gasteiger partial charge in [0.25, 0.3) is 0 Å². The molecule has 0 aliphatic heterocycles. The van der Waals surface area contributed by atoms with E-state index < -0.39 is 11.5 Å². The van der Waals surface area contributed by atoms with Crippen molar-refractivity contribution in [2.45, 2.75) is 59.4 Å². The second-order valence-electron chi connectivity index (χ2n) is 6.45. The van der Waals surface area contributed by atoms with Gasteiger partial charge in [-0.15, -0.1) is 0 Å². The van der Waals surface area contributed by atoms with Crippen LogP contribution in [0.25, 0.3) is 0 Å². The van der Waals surface area contributed by atoms with Gasteiger partial charge in [-0.2, -0.15) is 0 Å². The molecule has 0 fully saturated rings. The first-order valence-electron chi connectivity index (χ1n) is 7.22. The molecule has 3 N–H and O–H groups in total. The van der Waals surface area contributed by atoms with Crippen molar-refractivity contribution in [2.75, 3.05) is 0 Å². The van der Waals surface area contributed by atoms with Crippen molar-refractivity contribution in [3.63, 3.8) is 0 Å². The fourth-order valence-electron chi connectivity index (χ4n) is 2.91. The van der Waals surface area contributed by atoms with Gasteiger partial charge in [-0.3, -0.25) is 4.79 Å². The molecule has 0 spiro atoms. The van der Waals surface area contributed by atoms with Gasteiger partial charge in [0.05, 0.1) is 0 Å². The van der Waals surface area contributed by atoms with E-state index in [9.17, 15) is 4.79 Å². The second kappa shape index (κ2) is 6.40. The van der Waals surface area contributed by atoms with E-state index in [1.807, 2.05) is 0 Å². The Balaban J connectivity index is 2.66. The van der Waals surface area contributed by atoms with E-state index in [1.165, 1.54) is 22.3 Å². The summed E-state index contributed by atoms with van der Waals surface area (Å²) in [6, 6.07) is 4.41. The SMILES string of the molecule is Cc1cc(C)c(CCC(C)CC(C)(N)C(=O)O)c(C)c1. The summed E-state index contributed by atoms with van der Waals surface area (Å²) >= 11 is 0. The summed E-state index contributed by atoms with van der Waals surface area (Å²) in [4.78, 5) is 11.1. The third-order valence-corrected chi connectivity index (χ3v) is 3.99. The molecule has 3 heteroatoms. The molecule has 1 aromatic carbocycles. The minimum absolute atomic E-state index is 0.293. The minimum Gasteiger partial charge on any atom is -0.480 e. The van der Waals surface area contributed by atoms with E-state index in [1.54, 1.807) is 6.92 Å². The maximum absolute atomic E-state index is 11.1. The average molecular weight is 277 g/mol. The van der Waals surface area contributed by atoms with Crippen molar-refractivity contribution in [1.29, 1.82) is 0 Å². The molecule has 112 valence electrons. The van der Waals surface area contributed by atoms with E-state index in [0.717, 1.165) is 12.8 Å². The molecule has 0 radical (unpaired) electrons. The Morgan fingerprint density at radius 1 is 1.30 bits per heavy atom. The molecule has 0 saturated heterocycles. The first-order valence-corrected chi connectivity index (χ1v) is 7.22. The van der Waals surface area contributed by atoms with E-state index in [0.29, 0.717) is 12.3 Å². The van der Waals surface area contributed by atoms with Crippen molar-refractivity contribution in [1.82, 2.24) is 0 Å². The predicted octanol–water partition coefficient (Wildman–Crippen LogP) is 3.37. The number of hydrogen-bond donors (Lipinski definition) is 2. The van der Waals surface area contributed by atoms with Crippen LogP contribution in [0.5, 0.6) is 0 Å². The second-order valence-corrected chi connectivity index (χ2v) is 6.45. The third kappa shape index (κ3) is 4.34. The number of carboxylic acids is 1. The van der Waals surface area contributed by atoms with Gasteiger partial charge >= 0.3 is 5.97 Å². The van der Waals surface area contributed by atoms with Gasteiger partial charge in [-0.05, 0) is 69.6 Å². The molecule has 0 bridgehead atoms. The number of carbonyl (C=O) groups is 1. The smallest absolute Gasteiger partial charge is 0.323 e. The Labute approximate surface area is 122 Å². The lowest BCUT2D eigenvalue weighted by Crippen LogP contribution is -2.46. The van der Waals surface area contributed by atoms with Crippen molar-refractivity contribution < 1.29 is 9.90 Å². The molecule has 0 heterocycles. The lowest BCUT2D eigenvalue weighted by molar-refractivity contribution is -0.143. The van der Waals surface area contributed by atoms with E-state index in [2.05, 4.69) is 39.8 Å². The highest BCUT2D eigenvalue weighted by molar-refractivity contribution is 5.77. The van der Waals surface area contributed by atoms with Crippen LogP contribution in [-0.2, 0) is 11.2 Å².